The van der Waals surface area contributed by atoms with Gasteiger partial charge in [-0.2, -0.15) is 0 Å². The van der Waals surface area contributed by atoms with Gasteiger partial charge < -0.3 is 9.73 Å². The molecule has 0 aliphatic carbocycles. The Hall–Kier alpha value is -2.27. The summed E-state index contributed by atoms with van der Waals surface area (Å²) in [7, 11) is 0. The van der Waals surface area contributed by atoms with Crippen LogP contribution in [-0.2, 0) is 11.3 Å². The number of amides is 1. The molecule has 0 bridgehead atoms. The second-order valence-electron chi connectivity index (χ2n) is 4.68. The maximum Gasteiger partial charge on any atom is 0.264 e. The van der Waals surface area contributed by atoms with Gasteiger partial charge in [0.15, 0.2) is 5.17 Å². The smallest absolute Gasteiger partial charge is 0.264 e. The first-order valence-electron chi connectivity index (χ1n) is 6.55. The van der Waals surface area contributed by atoms with Crippen LogP contribution in [0.25, 0.3) is 6.08 Å². The molecule has 106 valence electrons. The predicted molar refractivity (Wildman–Crippen MR) is 84.7 cm³/mol. The Morgan fingerprint density at radius 2 is 2.10 bits per heavy atom. The third kappa shape index (κ3) is 3.44. The zero-order valence-electron chi connectivity index (χ0n) is 11.5. The molecule has 1 aromatic carbocycles. The van der Waals surface area contributed by atoms with Crippen molar-refractivity contribution in [3.63, 3.8) is 0 Å². The minimum atomic E-state index is -0.112. The van der Waals surface area contributed by atoms with E-state index in [1.807, 2.05) is 49.4 Å². The average molecular weight is 298 g/mol. The van der Waals surface area contributed by atoms with Crippen LogP contribution in [0.4, 0.5) is 0 Å². The zero-order valence-corrected chi connectivity index (χ0v) is 12.3. The molecule has 1 N–H and O–H groups in total. The van der Waals surface area contributed by atoms with Gasteiger partial charge in [-0.3, -0.25) is 9.79 Å². The van der Waals surface area contributed by atoms with E-state index in [1.165, 1.54) is 17.3 Å². The molecule has 3 rings (SSSR count). The molecule has 0 spiro atoms. The highest BCUT2D eigenvalue weighted by Gasteiger charge is 2.23. The summed E-state index contributed by atoms with van der Waals surface area (Å²) in [4.78, 5) is 16.9. The van der Waals surface area contributed by atoms with Crippen LogP contribution < -0.4 is 5.32 Å². The molecule has 1 aliphatic rings. The molecule has 1 aliphatic heterocycles. The average Bonchev–Trinajstić information content (AvgIpc) is 3.10. The largest absolute Gasteiger partial charge is 0.467 e. The van der Waals surface area contributed by atoms with Crippen LogP contribution in [0.1, 0.15) is 16.9 Å². The molecule has 0 radical (unpaired) electrons. The molecule has 1 amide bonds. The zero-order chi connectivity index (χ0) is 14.7. The second-order valence-corrected chi connectivity index (χ2v) is 5.71. The van der Waals surface area contributed by atoms with Crippen LogP contribution in [0.5, 0.6) is 0 Å². The summed E-state index contributed by atoms with van der Waals surface area (Å²) in [6.45, 7) is 2.46. The highest BCUT2D eigenvalue weighted by molar-refractivity contribution is 8.18. The van der Waals surface area contributed by atoms with Crippen molar-refractivity contribution in [1.82, 2.24) is 5.32 Å². The Kier molecular flexibility index (Phi) is 3.92. The summed E-state index contributed by atoms with van der Waals surface area (Å²) < 4.78 is 5.21. The summed E-state index contributed by atoms with van der Waals surface area (Å²) in [6.07, 6.45) is 3.48. The van der Waals surface area contributed by atoms with Gasteiger partial charge in [0, 0.05) is 0 Å². The van der Waals surface area contributed by atoms with Crippen molar-refractivity contribution >= 4 is 28.9 Å². The van der Waals surface area contributed by atoms with Crippen LogP contribution in [0.15, 0.2) is 57.0 Å². The molecular weight excluding hydrogens is 284 g/mol. The SMILES string of the molecule is Cc1ccc(/C=C2\SC(=NCc3ccco3)NC2=O)cc1. The minimum Gasteiger partial charge on any atom is -0.467 e. The molecule has 21 heavy (non-hydrogen) atoms. The summed E-state index contributed by atoms with van der Waals surface area (Å²) in [5.41, 5.74) is 2.20. The highest BCUT2D eigenvalue weighted by Crippen LogP contribution is 2.26. The number of aryl methyl sites for hydroxylation is 1. The lowest BCUT2D eigenvalue weighted by Crippen LogP contribution is -2.19. The number of thioether (sulfide) groups is 1. The molecule has 2 heterocycles. The van der Waals surface area contributed by atoms with Gasteiger partial charge in [-0.15, -0.1) is 0 Å². The number of benzene rings is 1. The number of carbonyl (C=O) groups is 1. The highest BCUT2D eigenvalue weighted by atomic mass is 32.2. The number of amidine groups is 1. The van der Waals surface area contributed by atoms with Crippen molar-refractivity contribution < 1.29 is 9.21 Å². The normalized spacial score (nSPS) is 18.4. The molecule has 1 saturated heterocycles. The lowest BCUT2D eigenvalue weighted by Gasteiger charge is -1.96. The molecule has 1 aromatic heterocycles. The van der Waals surface area contributed by atoms with Crippen LogP contribution in [0.2, 0.25) is 0 Å². The molecule has 0 saturated carbocycles. The Bertz CT molecular complexity index is 700. The van der Waals surface area contributed by atoms with Gasteiger partial charge in [0.05, 0.1) is 17.7 Å². The van der Waals surface area contributed by atoms with Crippen LogP contribution in [-0.4, -0.2) is 11.1 Å². The van der Waals surface area contributed by atoms with E-state index in [1.54, 1.807) is 6.26 Å². The summed E-state index contributed by atoms with van der Waals surface area (Å²) in [5, 5.41) is 3.37. The number of nitrogens with zero attached hydrogens (tertiary/aromatic N) is 1. The monoisotopic (exact) mass is 298 g/mol. The first-order valence-corrected chi connectivity index (χ1v) is 7.37. The standard InChI is InChI=1S/C16H14N2O2S/c1-11-4-6-12(7-5-11)9-14-15(19)18-16(21-14)17-10-13-3-2-8-20-13/h2-9H,10H2,1H3,(H,17,18,19)/b14-9-. The number of nitrogens with one attached hydrogen (secondary N) is 1. The Labute approximate surface area is 127 Å². The van der Waals surface area contributed by atoms with Crippen molar-refractivity contribution in [1.29, 1.82) is 0 Å². The molecular formula is C16H14N2O2S. The van der Waals surface area contributed by atoms with Crippen LogP contribution in [0.3, 0.4) is 0 Å². The van der Waals surface area contributed by atoms with E-state index in [2.05, 4.69) is 10.3 Å². The predicted octanol–water partition coefficient (Wildman–Crippen LogP) is 3.35. The Morgan fingerprint density at radius 1 is 1.29 bits per heavy atom. The molecule has 0 unspecified atom stereocenters. The first-order chi connectivity index (χ1) is 10.2. The molecule has 1 fully saturated rings. The minimum absolute atomic E-state index is 0.112. The quantitative estimate of drug-likeness (QED) is 0.884. The van der Waals surface area contributed by atoms with E-state index in [9.17, 15) is 4.79 Å². The van der Waals surface area contributed by atoms with Gasteiger partial charge in [0.25, 0.3) is 5.91 Å². The fourth-order valence-electron chi connectivity index (χ4n) is 1.87. The number of aliphatic imine (C=N–C) groups is 1. The lowest BCUT2D eigenvalue weighted by atomic mass is 10.1. The number of rotatable bonds is 3. The van der Waals surface area contributed by atoms with Crippen molar-refractivity contribution in [2.45, 2.75) is 13.5 Å². The Balaban J connectivity index is 1.72. The fourth-order valence-corrected chi connectivity index (χ4v) is 2.69. The number of hydrogen-bond donors (Lipinski definition) is 1. The van der Waals surface area contributed by atoms with Crippen molar-refractivity contribution in [3.8, 4) is 0 Å². The maximum absolute atomic E-state index is 11.9. The van der Waals surface area contributed by atoms with Gasteiger partial charge in [-0.25, -0.2) is 0 Å². The number of furan rings is 1. The van der Waals surface area contributed by atoms with Gasteiger partial charge in [-0.05, 0) is 42.5 Å². The van der Waals surface area contributed by atoms with Gasteiger partial charge in [0.1, 0.15) is 5.76 Å². The van der Waals surface area contributed by atoms with Gasteiger partial charge in [-0.1, -0.05) is 29.8 Å². The van der Waals surface area contributed by atoms with Crippen molar-refractivity contribution in [2.24, 2.45) is 4.99 Å². The van der Waals surface area contributed by atoms with Gasteiger partial charge in [0.2, 0.25) is 0 Å². The van der Waals surface area contributed by atoms with Crippen LogP contribution in [0, 0.1) is 6.92 Å². The summed E-state index contributed by atoms with van der Waals surface area (Å²) >= 11 is 1.35. The van der Waals surface area contributed by atoms with Gasteiger partial charge >= 0.3 is 0 Å². The topological polar surface area (TPSA) is 54.6 Å². The van der Waals surface area contributed by atoms with E-state index in [4.69, 9.17) is 4.42 Å². The maximum atomic E-state index is 11.9. The number of carbonyl (C=O) groups excluding carboxylic acids is 1. The van der Waals surface area contributed by atoms with E-state index in [-0.39, 0.29) is 5.91 Å². The fraction of sp³-hybridized carbons (Fsp3) is 0.125. The number of hydrogen-bond acceptors (Lipinski definition) is 4. The molecule has 4 nitrogen and oxygen atoms in total. The van der Waals surface area contributed by atoms with Crippen molar-refractivity contribution in [2.75, 3.05) is 0 Å². The molecule has 2 aromatic rings. The van der Waals surface area contributed by atoms with E-state index >= 15 is 0 Å². The summed E-state index contributed by atoms with van der Waals surface area (Å²) in [6, 6.07) is 11.7. The first kappa shape index (κ1) is 13.7. The molecule has 5 heteroatoms. The molecule has 0 atom stereocenters. The van der Waals surface area contributed by atoms with Crippen LogP contribution >= 0.6 is 11.8 Å². The Morgan fingerprint density at radius 3 is 2.81 bits per heavy atom. The second kappa shape index (κ2) is 6.01. The summed E-state index contributed by atoms with van der Waals surface area (Å²) in [5.74, 6) is 0.659. The third-order valence-electron chi connectivity index (χ3n) is 2.98. The van der Waals surface area contributed by atoms with E-state index < -0.39 is 0 Å². The van der Waals surface area contributed by atoms with E-state index in [0.717, 1.165) is 11.3 Å². The van der Waals surface area contributed by atoms with E-state index in [0.29, 0.717) is 16.6 Å². The lowest BCUT2D eigenvalue weighted by molar-refractivity contribution is -0.115. The third-order valence-corrected chi connectivity index (χ3v) is 3.93. The van der Waals surface area contributed by atoms with Crippen molar-refractivity contribution in [3.05, 3.63) is 64.5 Å².